The van der Waals surface area contributed by atoms with E-state index in [2.05, 4.69) is 18.9 Å². The Morgan fingerprint density at radius 1 is 1.33 bits per heavy atom. The Kier molecular flexibility index (Phi) is 5.39. The summed E-state index contributed by atoms with van der Waals surface area (Å²) in [5, 5.41) is 5.11. The zero-order chi connectivity index (χ0) is 13.9. The number of hydrogen-bond donors (Lipinski definition) is 0. The molecular formula is C14H23ClN2O. The highest BCUT2D eigenvalue weighted by molar-refractivity contribution is 6.32. The Hall–Kier alpha value is -0.830. The standard InChI is InChI=1S/C14H23ClN2O/c1-6-11-14(15)12(17(7-2)16-11)8-13(18)10(5)9(3)4/h9-10H,6-8H2,1-5H3. The van der Waals surface area contributed by atoms with Crippen LogP contribution >= 0.6 is 11.6 Å². The lowest BCUT2D eigenvalue weighted by atomic mass is 9.91. The van der Waals surface area contributed by atoms with Crippen molar-refractivity contribution in [3.63, 3.8) is 0 Å². The number of ketones is 1. The molecule has 0 fully saturated rings. The Morgan fingerprint density at radius 2 is 1.94 bits per heavy atom. The number of aryl methyl sites for hydroxylation is 2. The van der Waals surface area contributed by atoms with Gasteiger partial charge in [0, 0.05) is 12.5 Å². The molecule has 1 heterocycles. The van der Waals surface area contributed by atoms with E-state index in [-0.39, 0.29) is 11.7 Å². The number of carbonyl (C=O) groups is 1. The van der Waals surface area contributed by atoms with Crippen LogP contribution in [0.1, 0.15) is 46.0 Å². The maximum absolute atomic E-state index is 12.2. The fourth-order valence-electron chi connectivity index (χ4n) is 1.88. The summed E-state index contributed by atoms with van der Waals surface area (Å²) in [7, 11) is 0. The van der Waals surface area contributed by atoms with Gasteiger partial charge < -0.3 is 0 Å². The summed E-state index contributed by atoms with van der Waals surface area (Å²) in [5.74, 6) is 0.662. The van der Waals surface area contributed by atoms with Crippen molar-refractivity contribution in [1.29, 1.82) is 0 Å². The second kappa shape index (κ2) is 6.37. The number of nitrogens with zero attached hydrogens (tertiary/aromatic N) is 2. The molecule has 102 valence electrons. The summed E-state index contributed by atoms with van der Waals surface area (Å²) in [4.78, 5) is 12.2. The predicted octanol–water partition coefficient (Wildman–Crippen LogP) is 3.52. The van der Waals surface area contributed by atoms with Crippen molar-refractivity contribution < 1.29 is 4.79 Å². The van der Waals surface area contributed by atoms with E-state index in [1.54, 1.807) is 0 Å². The molecule has 1 aromatic heterocycles. The zero-order valence-electron chi connectivity index (χ0n) is 12.0. The van der Waals surface area contributed by atoms with Crippen LogP contribution in [0, 0.1) is 11.8 Å². The molecule has 0 radical (unpaired) electrons. The molecule has 0 aliphatic carbocycles. The predicted molar refractivity (Wildman–Crippen MR) is 75.0 cm³/mol. The van der Waals surface area contributed by atoms with E-state index in [0.29, 0.717) is 17.4 Å². The number of aromatic nitrogens is 2. The molecule has 0 aliphatic heterocycles. The maximum atomic E-state index is 12.2. The van der Waals surface area contributed by atoms with Gasteiger partial charge >= 0.3 is 0 Å². The number of Topliss-reactive ketones (excluding diaryl/α,β-unsaturated/α-hetero) is 1. The van der Waals surface area contributed by atoms with Gasteiger partial charge in [-0.15, -0.1) is 0 Å². The lowest BCUT2D eigenvalue weighted by Gasteiger charge is -2.14. The number of halogens is 1. The Balaban J connectivity index is 2.96. The van der Waals surface area contributed by atoms with Gasteiger partial charge in [-0.3, -0.25) is 9.48 Å². The monoisotopic (exact) mass is 270 g/mol. The quantitative estimate of drug-likeness (QED) is 0.793. The average molecular weight is 271 g/mol. The molecule has 3 nitrogen and oxygen atoms in total. The molecule has 0 aromatic carbocycles. The molecule has 1 rings (SSSR count). The largest absolute Gasteiger partial charge is 0.299 e. The van der Waals surface area contributed by atoms with Crippen molar-refractivity contribution in [2.45, 2.75) is 54.0 Å². The van der Waals surface area contributed by atoms with Gasteiger partial charge in [0.2, 0.25) is 0 Å². The highest BCUT2D eigenvalue weighted by Crippen LogP contribution is 2.24. The molecule has 4 heteroatoms. The van der Waals surface area contributed by atoms with Crippen molar-refractivity contribution in [1.82, 2.24) is 9.78 Å². The van der Waals surface area contributed by atoms with Crippen molar-refractivity contribution in [2.24, 2.45) is 11.8 Å². The highest BCUT2D eigenvalue weighted by atomic mass is 35.5. The first-order valence-electron chi connectivity index (χ1n) is 6.69. The summed E-state index contributed by atoms with van der Waals surface area (Å²) in [6, 6.07) is 0. The van der Waals surface area contributed by atoms with E-state index in [1.807, 2.05) is 25.5 Å². The van der Waals surface area contributed by atoms with Crippen LogP contribution in [-0.2, 0) is 24.2 Å². The lowest BCUT2D eigenvalue weighted by Crippen LogP contribution is -2.20. The third kappa shape index (κ3) is 3.14. The molecule has 0 saturated heterocycles. The maximum Gasteiger partial charge on any atom is 0.141 e. The smallest absolute Gasteiger partial charge is 0.141 e. The molecular weight excluding hydrogens is 248 g/mol. The van der Waals surface area contributed by atoms with Crippen LogP contribution in [0.5, 0.6) is 0 Å². The van der Waals surface area contributed by atoms with Gasteiger partial charge in [0.15, 0.2) is 0 Å². The molecule has 0 aliphatic rings. The van der Waals surface area contributed by atoms with Crippen LogP contribution < -0.4 is 0 Å². The Labute approximate surface area is 115 Å². The van der Waals surface area contributed by atoms with Gasteiger partial charge in [-0.05, 0) is 19.3 Å². The third-order valence-corrected chi connectivity index (χ3v) is 3.98. The first-order valence-corrected chi connectivity index (χ1v) is 7.06. The highest BCUT2D eigenvalue weighted by Gasteiger charge is 2.22. The summed E-state index contributed by atoms with van der Waals surface area (Å²) >= 11 is 6.30. The van der Waals surface area contributed by atoms with E-state index in [0.717, 1.165) is 24.4 Å². The first kappa shape index (κ1) is 15.2. The van der Waals surface area contributed by atoms with Gasteiger partial charge in [-0.1, -0.05) is 39.3 Å². The number of hydrogen-bond acceptors (Lipinski definition) is 2. The zero-order valence-corrected chi connectivity index (χ0v) is 12.7. The lowest BCUT2D eigenvalue weighted by molar-refractivity contribution is -0.123. The molecule has 1 atom stereocenters. The van der Waals surface area contributed by atoms with E-state index in [1.165, 1.54) is 0 Å². The second-order valence-electron chi connectivity index (χ2n) is 5.05. The normalized spacial score (nSPS) is 13.1. The van der Waals surface area contributed by atoms with Gasteiger partial charge in [0.25, 0.3) is 0 Å². The number of carbonyl (C=O) groups excluding carboxylic acids is 1. The topological polar surface area (TPSA) is 34.9 Å². The summed E-state index contributed by atoms with van der Waals surface area (Å²) in [5.41, 5.74) is 1.76. The van der Waals surface area contributed by atoms with E-state index >= 15 is 0 Å². The Bertz CT molecular complexity index is 424. The van der Waals surface area contributed by atoms with Crippen LogP contribution in [0.3, 0.4) is 0 Å². The molecule has 1 aromatic rings. The molecule has 0 spiro atoms. The van der Waals surface area contributed by atoms with Crippen molar-refractivity contribution in [2.75, 3.05) is 0 Å². The SMILES string of the molecule is CCc1nn(CC)c(CC(=O)C(C)C(C)C)c1Cl. The average Bonchev–Trinajstić information content (AvgIpc) is 2.65. The van der Waals surface area contributed by atoms with Crippen LogP contribution in [0.15, 0.2) is 0 Å². The minimum atomic E-state index is 0.0614. The van der Waals surface area contributed by atoms with Crippen LogP contribution in [0.25, 0.3) is 0 Å². The minimum absolute atomic E-state index is 0.0614. The third-order valence-electron chi connectivity index (χ3n) is 3.54. The van der Waals surface area contributed by atoms with Gasteiger partial charge in [-0.2, -0.15) is 5.10 Å². The number of rotatable bonds is 6. The van der Waals surface area contributed by atoms with E-state index in [4.69, 9.17) is 11.6 Å². The first-order chi connectivity index (χ1) is 8.42. The van der Waals surface area contributed by atoms with Gasteiger partial charge in [0.1, 0.15) is 5.78 Å². The van der Waals surface area contributed by atoms with Gasteiger partial charge in [-0.25, -0.2) is 0 Å². The van der Waals surface area contributed by atoms with E-state index < -0.39 is 0 Å². The van der Waals surface area contributed by atoms with Crippen molar-refractivity contribution >= 4 is 17.4 Å². The van der Waals surface area contributed by atoms with E-state index in [9.17, 15) is 4.79 Å². The van der Waals surface area contributed by atoms with Gasteiger partial charge in [0.05, 0.1) is 22.8 Å². The molecule has 0 bridgehead atoms. The minimum Gasteiger partial charge on any atom is -0.299 e. The summed E-state index contributed by atoms with van der Waals surface area (Å²) in [6.45, 7) is 10.9. The second-order valence-corrected chi connectivity index (χ2v) is 5.43. The van der Waals surface area contributed by atoms with Crippen LogP contribution in [0.2, 0.25) is 5.02 Å². The van der Waals surface area contributed by atoms with Crippen molar-refractivity contribution in [3.05, 3.63) is 16.4 Å². The molecule has 0 N–H and O–H groups in total. The molecule has 0 saturated carbocycles. The molecule has 18 heavy (non-hydrogen) atoms. The van der Waals surface area contributed by atoms with Crippen molar-refractivity contribution in [3.8, 4) is 0 Å². The Morgan fingerprint density at radius 3 is 2.39 bits per heavy atom. The fraction of sp³-hybridized carbons (Fsp3) is 0.714. The van der Waals surface area contributed by atoms with Crippen LogP contribution in [-0.4, -0.2) is 15.6 Å². The fourth-order valence-corrected chi connectivity index (χ4v) is 2.22. The molecule has 1 unspecified atom stereocenters. The van der Waals surface area contributed by atoms with Crippen LogP contribution in [0.4, 0.5) is 0 Å². The summed E-state index contributed by atoms with van der Waals surface area (Å²) < 4.78 is 1.85. The summed E-state index contributed by atoms with van der Waals surface area (Å²) in [6.07, 6.45) is 1.19. The molecule has 0 amide bonds.